The summed E-state index contributed by atoms with van der Waals surface area (Å²) in [6, 6.07) is 7.42. The maximum atomic E-state index is 11.8. The summed E-state index contributed by atoms with van der Waals surface area (Å²) in [7, 11) is 0. The average molecular weight is 298 g/mol. The van der Waals surface area contributed by atoms with Gasteiger partial charge in [0.25, 0.3) is 0 Å². The topological polar surface area (TPSA) is 49.8 Å². The van der Waals surface area contributed by atoms with Crippen molar-refractivity contribution in [3.05, 3.63) is 34.9 Å². The van der Waals surface area contributed by atoms with Crippen LogP contribution in [0.5, 0.6) is 0 Å². The van der Waals surface area contributed by atoms with Gasteiger partial charge in [-0.25, -0.2) is 4.79 Å². The largest absolute Gasteiger partial charge is 0.444 e. The van der Waals surface area contributed by atoms with Crippen LogP contribution in [0.1, 0.15) is 26.3 Å². The molecule has 1 heterocycles. The molecule has 0 unspecified atom stereocenters. The Bertz CT molecular complexity index is 504. The average Bonchev–Trinajstić information content (AvgIpc) is 2.26. The third-order valence-corrected chi connectivity index (χ3v) is 3.47. The molecule has 0 aliphatic carbocycles. The predicted octanol–water partition coefficient (Wildman–Crippen LogP) is 2.86. The molecule has 20 heavy (non-hydrogen) atoms. The van der Waals surface area contributed by atoms with E-state index in [2.05, 4.69) is 0 Å². The molecule has 0 aromatic heterocycles. The summed E-state index contributed by atoms with van der Waals surface area (Å²) in [5.41, 5.74) is -0.546. The Balaban J connectivity index is 1.91. The predicted molar refractivity (Wildman–Crippen MR) is 77.9 cm³/mol. The van der Waals surface area contributed by atoms with E-state index in [-0.39, 0.29) is 19.2 Å². The highest BCUT2D eigenvalue weighted by atomic mass is 35.5. The van der Waals surface area contributed by atoms with E-state index >= 15 is 0 Å². The quantitative estimate of drug-likeness (QED) is 0.913. The minimum atomic E-state index is -0.915. The van der Waals surface area contributed by atoms with Gasteiger partial charge in [-0.3, -0.25) is 0 Å². The van der Waals surface area contributed by atoms with Crippen molar-refractivity contribution in [3.8, 4) is 0 Å². The van der Waals surface area contributed by atoms with E-state index in [0.717, 1.165) is 5.56 Å². The van der Waals surface area contributed by atoms with E-state index in [4.69, 9.17) is 16.3 Å². The number of benzene rings is 1. The van der Waals surface area contributed by atoms with Crippen LogP contribution in [0.25, 0.3) is 0 Å². The van der Waals surface area contributed by atoms with Crippen LogP contribution < -0.4 is 0 Å². The van der Waals surface area contributed by atoms with Crippen molar-refractivity contribution in [1.82, 2.24) is 4.90 Å². The van der Waals surface area contributed by atoms with Crippen LogP contribution in [0, 0.1) is 0 Å². The molecule has 1 amide bonds. The van der Waals surface area contributed by atoms with Crippen LogP contribution in [0.4, 0.5) is 4.79 Å². The van der Waals surface area contributed by atoms with Crippen molar-refractivity contribution in [2.24, 2.45) is 0 Å². The number of hydrogen-bond donors (Lipinski definition) is 1. The molecular formula is C15H20ClNO3. The lowest BCUT2D eigenvalue weighted by atomic mass is 9.87. The first-order valence-corrected chi connectivity index (χ1v) is 7.00. The number of aliphatic hydroxyl groups is 1. The van der Waals surface area contributed by atoms with Crippen LogP contribution in [-0.4, -0.2) is 40.4 Å². The standard InChI is InChI=1S/C15H20ClNO3/c1-14(2,3)20-13(18)17-9-15(19,10-17)8-11-6-4-5-7-12(11)16/h4-7,19H,8-10H2,1-3H3. The van der Waals surface area contributed by atoms with Gasteiger partial charge < -0.3 is 14.7 Å². The van der Waals surface area contributed by atoms with Crippen LogP contribution in [0.15, 0.2) is 24.3 Å². The second kappa shape index (κ2) is 5.26. The van der Waals surface area contributed by atoms with Gasteiger partial charge in [0.1, 0.15) is 11.2 Å². The first-order chi connectivity index (χ1) is 9.19. The molecular weight excluding hydrogens is 278 g/mol. The van der Waals surface area contributed by atoms with Gasteiger partial charge in [0.05, 0.1) is 13.1 Å². The molecule has 0 radical (unpaired) electrons. The highest BCUT2D eigenvalue weighted by Gasteiger charge is 2.45. The molecule has 1 aliphatic heterocycles. The molecule has 1 saturated heterocycles. The van der Waals surface area contributed by atoms with E-state index in [1.807, 2.05) is 39.0 Å². The fourth-order valence-electron chi connectivity index (χ4n) is 2.23. The zero-order valence-electron chi connectivity index (χ0n) is 12.0. The number of likely N-dealkylation sites (tertiary alicyclic amines) is 1. The summed E-state index contributed by atoms with van der Waals surface area (Å²) < 4.78 is 5.26. The fourth-order valence-corrected chi connectivity index (χ4v) is 2.43. The van der Waals surface area contributed by atoms with Crippen LogP contribution in [0.3, 0.4) is 0 Å². The van der Waals surface area contributed by atoms with E-state index in [1.54, 1.807) is 6.07 Å². The molecule has 4 nitrogen and oxygen atoms in total. The molecule has 1 fully saturated rings. The van der Waals surface area contributed by atoms with Crippen LogP contribution in [0.2, 0.25) is 5.02 Å². The van der Waals surface area contributed by atoms with Gasteiger partial charge in [0, 0.05) is 11.4 Å². The molecule has 1 N–H and O–H groups in total. The molecule has 0 atom stereocenters. The first-order valence-electron chi connectivity index (χ1n) is 6.62. The molecule has 2 rings (SSSR count). The minimum absolute atomic E-state index is 0.271. The van der Waals surface area contributed by atoms with E-state index < -0.39 is 11.2 Å². The summed E-state index contributed by atoms with van der Waals surface area (Å²) in [5.74, 6) is 0. The van der Waals surface area contributed by atoms with Crippen LogP contribution in [-0.2, 0) is 11.2 Å². The number of carbonyl (C=O) groups is 1. The fraction of sp³-hybridized carbons (Fsp3) is 0.533. The number of hydrogen-bond acceptors (Lipinski definition) is 3. The lowest BCUT2D eigenvalue weighted by molar-refractivity contribution is -0.0973. The Hall–Kier alpha value is -1.26. The van der Waals surface area contributed by atoms with Gasteiger partial charge in [-0.1, -0.05) is 29.8 Å². The summed E-state index contributed by atoms with van der Waals surface area (Å²) in [6.45, 7) is 6.00. The monoisotopic (exact) mass is 297 g/mol. The molecule has 110 valence electrons. The van der Waals surface area contributed by atoms with Crippen molar-refractivity contribution in [1.29, 1.82) is 0 Å². The molecule has 5 heteroatoms. The zero-order valence-corrected chi connectivity index (χ0v) is 12.8. The van der Waals surface area contributed by atoms with Crippen molar-refractivity contribution in [2.75, 3.05) is 13.1 Å². The lowest BCUT2D eigenvalue weighted by Crippen LogP contribution is -2.65. The zero-order chi connectivity index (χ0) is 15.0. The van der Waals surface area contributed by atoms with Gasteiger partial charge in [0.2, 0.25) is 0 Å². The van der Waals surface area contributed by atoms with Crippen molar-refractivity contribution >= 4 is 17.7 Å². The van der Waals surface area contributed by atoms with Gasteiger partial charge in [-0.2, -0.15) is 0 Å². The number of nitrogens with zero attached hydrogens (tertiary/aromatic N) is 1. The van der Waals surface area contributed by atoms with Gasteiger partial charge in [-0.15, -0.1) is 0 Å². The Morgan fingerprint density at radius 1 is 1.40 bits per heavy atom. The van der Waals surface area contributed by atoms with Gasteiger partial charge >= 0.3 is 6.09 Å². The third kappa shape index (κ3) is 3.64. The molecule has 1 aliphatic rings. The maximum absolute atomic E-state index is 11.8. The van der Waals surface area contributed by atoms with Crippen molar-refractivity contribution < 1.29 is 14.6 Å². The van der Waals surface area contributed by atoms with Crippen LogP contribution >= 0.6 is 11.6 Å². The molecule has 0 spiro atoms. The van der Waals surface area contributed by atoms with Gasteiger partial charge in [-0.05, 0) is 32.4 Å². The normalized spacial score (nSPS) is 17.6. The Labute approximate surface area is 124 Å². The summed E-state index contributed by atoms with van der Waals surface area (Å²) >= 11 is 6.08. The molecule has 1 aromatic rings. The Morgan fingerprint density at radius 2 is 2.00 bits per heavy atom. The number of β-amino-alcohol motifs (C(OH)–C–C–N with tert-alkyl or cyclic N) is 1. The smallest absolute Gasteiger partial charge is 0.410 e. The maximum Gasteiger partial charge on any atom is 0.410 e. The summed E-state index contributed by atoms with van der Waals surface area (Å²) in [6.07, 6.45) is 0.0488. The molecule has 1 aromatic carbocycles. The number of halogens is 1. The molecule has 0 bridgehead atoms. The van der Waals surface area contributed by atoms with E-state index in [9.17, 15) is 9.90 Å². The highest BCUT2D eigenvalue weighted by Crippen LogP contribution is 2.29. The number of rotatable bonds is 2. The second-order valence-electron chi connectivity index (χ2n) is 6.33. The van der Waals surface area contributed by atoms with E-state index in [1.165, 1.54) is 4.90 Å². The van der Waals surface area contributed by atoms with Crippen molar-refractivity contribution in [2.45, 2.75) is 38.4 Å². The first kappa shape index (κ1) is 15.1. The summed E-state index contributed by atoms with van der Waals surface area (Å²) in [4.78, 5) is 13.3. The lowest BCUT2D eigenvalue weighted by Gasteiger charge is -2.46. The summed E-state index contributed by atoms with van der Waals surface area (Å²) in [5, 5.41) is 11.0. The SMILES string of the molecule is CC(C)(C)OC(=O)N1CC(O)(Cc2ccccc2Cl)C1. The minimum Gasteiger partial charge on any atom is -0.444 e. The second-order valence-corrected chi connectivity index (χ2v) is 6.74. The van der Waals surface area contributed by atoms with Gasteiger partial charge in [0.15, 0.2) is 0 Å². The number of ether oxygens (including phenoxy) is 1. The Morgan fingerprint density at radius 3 is 2.55 bits per heavy atom. The Kier molecular flexibility index (Phi) is 3.98. The number of amides is 1. The highest BCUT2D eigenvalue weighted by molar-refractivity contribution is 6.31. The van der Waals surface area contributed by atoms with Crippen molar-refractivity contribution in [3.63, 3.8) is 0 Å². The molecule has 0 saturated carbocycles. The van der Waals surface area contributed by atoms with E-state index in [0.29, 0.717) is 11.4 Å². The third-order valence-electron chi connectivity index (χ3n) is 3.10. The number of carbonyl (C=O) groups excluding carboxylic acids is 1.